The summed E-state index contributed by atoms with van der Waals surface area (Å²) in [6, 6.07) is 0.678. The molecule has 0 aromatic rings. The lowest BCUT2D eigenvalue weighted by molar-refractivity contribution is -0.137. The third-order valence-corrected chi connectivity index (χ3v) is 5.16. The minimum absolute atomic E-state index is 0.278. The topological polar surface area (TPSA) is 32.3 Å². The number of carbonyl (C=O) groups is 1. The molecule has 18 heavy (non-hydrogen) atoms. The molecular weight excluding hydrogens is 224 g/mol. The molecule has 1 saturated carbocycles. The van der Waals surface area contributed by atoms with Crippen LogP contribution in [0.25, 0.3) is 0 Å². The largest absolute Gasteiger partial charge is 0.342 e. The molecule has 0 spiro atoms. The molecule has 0 bridgehead atoms. The molecule has 1 aliphatic carbocycles. The van der Waals surface area contributed by atoms with Gasteiger partial charge < -0.3 is 10.2 Å². The van der Waals surface area contributed by atoms with Gasteiger partial charge in [-0.25, -0.2) is 0 Å². The number of amides is 1. The van der Waals surface area contributed by atoms with Crippen LogP contribution in [0.3, 0.4) is 0 Å². The normalized spacial score (nSPS) is 34.6. The zero-order valence-corrected chi connectivity index (χ0v) is 11.5. The third-order valence-electron chi connectivity index (χ3n) is 5.16. The van der Waals surface area contributed by atoms with Gasteiger partial charge in [0.25, 0.3) is 0 Å². The molecule has 2 aliphatic heterocycles. The second-order valence-corrected chi connectivity index (χ2v) is 6.52. The first-order chi connectivity index (χ1) is 8.75. The van der Waals surface area contributed by atoms with Gasteiger partial charge in [0, 0.05) is 25.0 Å². The predicted octanol–water partition coefficient (Wildman–Crippen LogP) is 2.02. The van der Waals surface area contributed by atoms with E-state index in [2.05, 4.69) is 17.1 Å². The van der Waals surface area contributed by atoms with Crippen LogP contribution in [0.2, 0.25) is 0 Å². The summed E-state index contributed by atoms with van der Waals surface area (Å²) in [4.78, 5) is 14.6. The van der Waals surface area contributed by atoms with Crippen molar-refractivity contribution >= 4 is 5.91 Å². The Hall–Kier alpha value is -0.570. The number of likely N-dealkylation sites (tertiary alicyclic amines) is 1. The van der Waals surface area contributed by atoms with Gasteiger partial charge in [0.1, 0.15) is 0 Å². The zero-order chi connectivity index (χ0) is 12.5. The Bertz CT molecular complexity index is 308. The van der Waals surface area contributed by atoms with Crippen molar-refractivity contribution in [2.45, 2.75) is 51.5 Å². The molecule has 0 aromatic heterocycles. The molecule has 2 heterocycles. The van der Waals surface area contributed by atoms with Crippen LogP contribution in [0.1, 0.15) is 45.4 Å². The number of piperidine rings is 1. The van der Waals surface area contributed by atoms with Gasteiger partial charge in [0.15, 0.2) is 0 Å². The average Bonchev–Trinajstić information content (AvgIpc) is 3.12. The number of hydrogen-bond donors (Lipinski definition) is 1. The molecule has 3 nitrogen and oxygen atoms in total. The van der Waals surface area contributed by atoms with Gasteiger partial charge in [-0.1, -0.05) is 6.92 Å². The van der Waals surface area contributed by atoms with E-state index in [0.717, 1.165) is 13.1 Å². The van der Waals surface area contributed by atoms with Crippen molar-refractivity contribution < 1.29 is 4.79 Å². The van der Waals surface area contributed by atoms with Gasteiger partial charge in [-0.05, 0) is 56.9 Å². The Morgan fingerprint density at radius 2 is 2.06 bits per heavy atom. The van der Waals surface area contributed by atoms with Crippen LogP contribution in [0, 0.1) is 17.8 Å². The first kappa shape index (κ1) is 12.5. The van der Waals surface area contributed by atoms with Crippen molar-refractivity contribution in [3.8, 4) is 0 Å². The van der Waals surface area contributed by atoms with E-state index in [0.29, 0.717) is 23.8 Å². The number of nitrogens with zero attached hydrogens (tertiary/aromatic N) is 1. The highest BCUT2D eigenvalue weighted by molar-refractivity contribution is 5.79. The lowest BCUT2D eigenvalue weighted by Gasteiger charge is -2.37. The van der Waals surface area contributed by atoms with E-state index in [-0.39, 0.29) is 5.92 Å². The van der Waals surface area contributed by atoms with Crippen LogP contribution in [0.4, 0.5) is 0 Å². The van der Waals surface area contributed by atoms with Gasteiger partial charge in [-0.3, -0.25) is 4.79 Å². The fourth-order valence-electron chi connectivity index (χ4n) is 3.74. The average molecular weight is 250 g/mol. The van der Waals surface area contributed by atoms with Gasteiger partial charge in [0.2, 0.25) is 5.91 Å². The van der Waals surface area contributed by atoms with Gasteiger partial charge in [-0.2, -0.15) is 0 Å². The third kappa shape index (κ3) is 2.56. The van der Waals surface area contributed by atoms with E-state index >= 15 is 0 Å². The zero-order valence-electron chi connectivity index (χ0n) is 11.5. The van der Waals surface area contributed by atoms with E-state index in [1.807, 2.05) is 0 Å². The van der Waals surface area contributed by atoms with Crippen molar-refractivity contribution in [3.63, 3.8) is 0 Å². The summed E-state index contributed by atoms with van der Waals surface area (Å²) in [7, 11) is 0. The van der Waals surface area contributed by atoms with E-state index in [9.17, 15) is 4.79 Å². The Labute approximate surface area is 110 Å². The summed E-state index contributed by atoms with van der Waals surface area (Å²) in [6.45, 7) is 5.32. The maximum Gasteiger partial charge on any atom is 0.225 e. The quantitative estimate of drug-likeness (QED) is 0.831. The highest BCUT2D eigenvalue weighted by Gasteiger charge is 2.37. The standard InChI is InChI=1S/C15H26N2O/c1-11(12-6-7-12)15(18)17-9-3-4-13(10-17)14-5-2-8-16-14/h11-14,16H,2-10H2,1H3. The molecule has 3 heteroatoms. The van der Waals surface area contributed by atoms with E-state index in [1.54, 1.807) is 0 Å². The molecule has 1 amide bonds. The van der Waals surface area contributed by atoms with Crippen LogP contribution in [-0.2, 0) is 4.79 Å². The van der Waals surface area contributed by atoms with Crippen molar-refractivity contribution in [2.75, 3.05) is 19.6 Å². The number of hydrogen-bond acceptors (Lipinski definition) is 2. The summed E-state index contributed by atoms with van der Waals surface area (Å²) in [5.41, 5.74) is 0. The monoisotopic (exact) mass is 250 g/mol. The minimum Gasteiger partial charge on any atom is -0.342 e. The molecule has 102 valence electrons. The van der Waals surface area contributed by atoms with Crippen molar-refractivity contribution in [3.05, 3.63) is 0 Å². The van der Waals surface area contributed by atoms with Crippen LogP contribution in [0.5, 0.6) is 0 Å². The van der Waals surface area contributed by atoms with E-state index < -0.39 is 0 Å². The van der Waals surface area contributed by atoms with Crippen LogP contribution in [-0.4, -0.2) is 36.5 Å². The fourth-order valence-corrected chi connectivity index (χ4v) is 3.74. The van der Waals surface area contributed by atoms with Crippen molar-refractivity contribution in [1.82, 2.24) is 10.2 Å². The Kier molecular flexibility index (Phi) is 3.60. The molecule has 3 fully saturated rings. The molecule has 1 N–H and O–H groups in total. The first-order valence-electron chi connectivity index (χ1n) is 7.78. The van der Waals surface area contributed by atoms with Crippen molar-refractivity contribution in [2.24, 2.45) is 17.8 Å². The first-order valence-corrected chi connectivity index (χ1v) is 7.78. The molecule has 0 aromatic carbocycles. The highest BCUT2D eigenvalue weighted by Crippen LogP contribution is 2.38. The van der Waals surface area contributed by atoms with Gasteiger partial charge in [-0.15, -0.1) is 0 Å². The van der Waals surface area contributed by atoms with Gasteiger partial charge in [0.05, 0.1) is 0 Å². The lowest BCUT2D eigenvalue weighted by atomic mass is 9.89. The fraction of sp³-hybridized carbons (Fsp3) is 0.933. The lowest BCUT2D eigenvalue weighted by Crippen LogP contribution is -2.47. The minimum atomic E-state index is 0.278. The Morgan fingerprint density at radius 3 is 2.72 bits per heavy atom. The predicted molar refractivity (Wildman–Crippen MR) is 72.2 cm³/mol. The summed E-state index contributed by atoms with van der Waals surface area (Å²) in [5.74, 6) is 2.11. The second kappa shape index (κ2) is 5.20. The smallest absolute Gasteiger partial charge is 0.225 e. The van der Waals surface area contributed by atoms with Crippen molar-refractivity contribution in [1.29, 1.82) is 0 Å². The van der Waals surface area contributed by atoms with E-state index in [4.69, 9.17) is 0 Å². The summed E-state index contributed by atoms with van der Waals surface area (Å²) >= 11 is 0. The number of rotatable bonds is 3. The summed E-state index contributed by atoms with van der Waals surface area (Å²) in [5, 5.41) is 3.61. The highest BCUT2D eigenvalue weighted by atomic mass is 16.2. The molecule has 0 radical (unpaired) electrons. The summed E-state index contributed by atoms with van der Waals surface area (Å²) < 4.78 is 0. The Morgan fingerprint density at radius 1 is 1.22 bits per heavy atom. The van der Waals surface area contributed by atoms with Gasteiger partial charge >= 0.3 is 0 Å². The number of nitrogens with one attached hydrogen (secondary N) is 1. The number of carbonyl (C=O) groups excluding carboxylic acids is 1. The SMILES string of the molecule is CC(C(=O)N1CCCC(C2CCCN2)C1)C1CC1. The molecule has 3 unspecified atom stereocenters. The van der Waals surface area contributed by atoms with Crippen LogP contribution < -0.4 is 5.32 Å². The van der Waals surface area contributed by atoms with Crippen LogP contribution in [0.15, 0.2) is 0 Å². The molecule has 3 aliphatic rings. The summed E-state index contributed by atoms with van der Waals surface area (Å²) in [6.07, 6.45) is 7.67. The van der Waals surface area contributed by atoms with Crippen LogP contribution >= 0.6 is 0 Å². The molecular formula is C15H26N2O. The second-order valence-electron chi connectivity index (χ2n) is 6.52. The molecule has 3 rings (SSSR count). The maximum absolute atomic E-state index is 12.4. The molecule has 2 saturated heterocycles. The molecule has 3 atom stereocenters. The van der Waals surface area contributed by atoms with E-state index in [1.165, 1.54) is 45.1 Å². The maximum atomic E-state index is 12.4. The Balaban J connectivity index is 1.57.